The van der Waals surface area contributed by atoms with Gasteiger partial charge in [0, 0.05) is 38.0 Å². The quantitative estimate of drug-likeness (QED) is 0.852. The molecule has 0 N–H and O–H groups in total. The number of methoxy groups -OCH3 is 1. The van der Waals surface area contributed by atoms with Crippen LogP contribution >= 0.6 is 0 Å². The van der Waals surface area contributed by atoms with E-state index in [9.17, 15) is 9.59 Å². The van der Waals surface area contributed by atoms with E-state index in [0.29, 0.717) is 18.7 Å². The zero-order chi connectivity index (χ0) is 16.1. The highest BCUT2D eigenvalue weighted by molar-refractivity contribution is 5.98. The van der Waals surface area contributed by atoms with Gasteiger partial charge < -0.3 is 9.64 Å². The molecular weight excluding hydrogens is 280 g/mol. The molecule has 0 radical (unpaired) electrons. The lowest BCUT2D eigenvalue weighted by Gasteiger charge is -2.20. The molecule has 0 atom stereocenters. The highest BCUT2D eigenvalue weighted by atomic mass is 16.5. The fraction of sp³-hybridized carbons (Fsp3) is 0.294. The molecule has 5 nitrogen and oxygen atoms in total. The van der Waals surface area contributed by atoms with E-state index in [-0.39, 0.29) is 11.8 Å². The van der Waals surface area contributed by atoms with Crippen molar-refractivity contribution in [2.75, 3.05) is 25.2 Å². The van der Waals surface area contributed by atoms with Gasteiger partial charge in [-0.05, 0) is 25.1 Å². The largest absolute Gasteiger partial charge is 0.383 e. The summed E-state index contributed by atoms with van der Waals surface area (Å²) >= 11 is 0. The van der Waals surface area contributed by atoms with Crippen LogP contribution in [0.1, 0.15) is 23.0 Å². The van der Waals surface area contributed by atoms with E-state index in [2.05, 4.69) is 0 Å². The molecule has 0 aliphatic carbocycles. The van der Waals surface area contributed by atoms with Gasteiger partial charge in [-0.25, -0.2) is 0 Å². The number of hydrogen-bond donors (Lipinski definition) is 0. The number of amides is 1. The monoisotopic (exact) mass is 300 g/mol. The molecule has 2 rings (SSSR count). The van der Waals surface area contributed by atoms with Crippen LogP contribution in [0.25, 0.3) is 0 Å². The number of nitrogens with zero attached hydrogens (tertiary/aromatic N) is 2. The maximum Gasteiger partial charge on any atom is 0.262 e. The summed E-state index contributed by atoms with van der Waals surface area (Å²) in [5.41, 5.74) is 2.08. The molecule has 0 aliphatic heterocycles. The van der Waals surface area contributed by atoms with Gasteiger partial charge in [0.25, 0.3) is 5.91 Å². The van der Waals surface area contributed by atoms with Crippen LogP contribution in [0, 0.1) is 6.92 Å². The first-order chi connectivity index (χ1) is 10.6. The van der Waals surface area contributed by atoms with Crippen LogP contribution in [0.4, 0.5) is 5.69 Å². The number of carbonyl (C=O) groups excluding carboxylic acids is 2. The Morgan fingerprint density at radius 1 is 1.18 bits per heavy atom. The molecule has 1 heterocycles. The van der Waals surface area contributed by atoms with E-state index in [1.165, 1.54) is 6.92 Å². The number of ether oxygens (including phenoxy) is 1. The van der Waals surface area contributed by atoms with Crippen molar-refractivity contribution < 1.29 is 14.3 Å². The maximum absolute atomic E-state index is 12.5. The molecule has 1 amide bonds. The summed E-state index contributed by atoms with van der Waals surface area (Å²) in [6, 6.07) is 10.9. The molecule has 0 unspecified atom stereocenters. The fourth-order valence-electron chi connectivity index (χ4n) is 2.36. The Hall–Kier alpha value is -2.40. The van der Waals surface area contributed by atoms with Crippen molar-refractivity contribution in [3.05, 3.63) is 53.9 Å². The second kappa shape index (κ2) is 7.04. The average molecular weight is 300 g/mol. The van der Waals surface area contributed by atoms with Crippen molar-refractivity contribution in [2.24, 2.45) is 0 Å². The van der Waals surface area contributed by atoms with Crippen LogP contribution in [0.2, 0.25) is 0 Å². The van der Waals surface area contributed by atoms with Crippen LogP contribution in [-0.2, 0) is 9.53 Å². The van der Waals surface area contributed by atoms with Crippen molar-refractivity contribution in [3.63, 3.8) is 0 Å². The van der Waals surface area contributed by atoms with E-state index >= 15 is 0 Å². The van der Waals surface area contributed by atoms with Crippen molar-refractivity contribution in [2.45, 2.75) is 13.8 Å². The van der Waals surface area contributed by atoms with Gasteiger partial charge >= 0.3 is 0 Å². The van der Waals surface area contributed by atoms with Gasteiger partial charge in [0.2, 0.25) is 5.91 Å². The van der Waals surface area contributed by atoms with Gasteiger partial charge in [-0.3, -0.25) is 14.2 Å². The van der Waals surface area contributed by atoms with Crippen LogP contribution in [-0.4, -0.2) is 36.6 Å². The Kier molecular flexibility index (Phi) is 5.12. The second-order valence-corrected chi connectivity index (χ2v) is 4.99. The lowest BCUT2D eigenvalue weighted by Crippen LogP contribution is -2.32. The molecule has 1 aromatic heterocycles. The standard InChI is InChI=1S/C17H20N2O3/c1-13-16(19(14(2)20)11-12-22-3)9-10-18(13)17(21)15-7-5-4-6-8-15/h4-10H,11-12H2,1-3H3. The maximum atomic E-state index is 12.5. The van der Waals surface area contributed by atoms with Crippen molar-refractivity contribution in [1.82, 2.24) is 4.57 Å². The molecule has 0 fully saturated rings. The van der Waals surface area contributed by atoms with E-state index in [1.807, 2.05) is 25.1 Å². The Morgan fingerprint density at radius 2 is 1.86 bits per heavy atom. The summed E-state index contributed by atoms with van der Waals surface area (Å²) in [5, 5.41) is 0. The first-order valence-electron chi connectivity index (χ1n) is 7.11. The number of anilines is 1. The molecule has 0 saturated heterocycles. The fourth-order valence-corrected chi connectivity index (χ4v) is 2.36. The number of rotatable bonds is 5. The van der Waals surface area contributed by atoms with Gasteiger partial charge in [0.1, 0.15) is 0 Å². The number of carbonyl (C=O) groups is 2. The Morgan fingerprint density at radius 3 is 2.45 bits per heavy atom. The van der Waals surface area contributed by atoms with E-state index < -0.39 is 0 Å². The van der Waals surface area contributed by atoms with Crippen LogP contribution in [0.15, 0.2) is 42.6 Å². The highest BCUT2D eigenvalue weighted by Crippen LogP contribution is 2.22. The van der Waals surface area contributed by atoms with Gasteiger partial charge in [0.15, 0.2) is 0 Å². The molecule has 22 heavy (non-hydrogen) atoms. The zero-order valence-corrected chi connectivity index (χ0v) is 13.1. The van der Waals surface area contributed by atoms with Gasteiger partial charge in [-0.1, -0.05) is 18.2 Å². The minimum absolute atomic E-state index is 0.0786. The van der Waals surface area contributed by atoms with Crippen molar-refractivity contribution in [3.8, 4) is 0 Å². The topological polar surface area (TPSA) is 51.5 Å². The van der Waals surface area contributed by atoms with E-state index in [4.69, 9.17) is 4.74 Å². The van der Waals surface area contributed by atoms with Crippen molar-refractivity contribution >= 4 is 17.5 Å². The summed E-state index contributed by atoms with van der Waals surface area (Å²) in [6.45, 7) is 4.23. The first kappa shape index (κ1) is 16.0. The Balaban J connectivity index is 2.32. The van der Waals surface area contributed by atoms with Crippen molar-refractivity contribution in [1.29, 1.82) is 0 Å². The SMILES string of the molecule is COCCN(C(C)=O)c1ccn(C(=O)c2ccccc2)c1C. The normalized spacial score (nSPS) is 10.5. The lowest BCUT2D eigenvalue weighted by atomic mass is 10.2. The predicted octanol–water partition coefficient (Wildman–Crippen LogP) is 2.48. The number of hydrogen-bond acceptors (Lipinski definition) is 3. The first-order valence-corrected chi connectivity index (χ1v) is 7.11. The van der Waals surface area contributed by atoms with Gasteiger partial charge in [-0.2, -0.15) is 0 Å². The molecule has 0 aliphatic rings. The lowest BCUT2D eigenvalue weighted by molar-refractivity contribution is -0.116. The van der Waals surface area contributed by atoms with Gasteiger partial charge in [0.05, 0.1) is 12.3 Å². The molecular formula is C17H20N2O3. The number of aromatic nitrogens is 1. The third-order valence-corrected chi connectivity index (χ3v) is 3.54. The third kappa shape index (κ3) is 3.26. The Labute approximate surface area is 130 Å². The molecule has 116 valence electrons. The van der Waals surface area contributed by atoms with Crippen LogP contribution in [0.3, 0.4) is 0 Å². The smallest absolute Gasteiger partial charge is 0.262 e. The molecule has 0 saturated carbocycles. The van der Waals surface area contributed by atoms with Gasteiger partial charge in [-0.15, -0.1) is 0 Å². The molecule has 2 aromatic rings. The highest BCUT2D eigenvalue weighted by Gasteiger charge is 2.19. The minimum Gasteiger partial charge on any atom is -0.383 e. The van der Waals surface area contributed by atoms with E-state index in [1.54, 1.807) is 41.0 Å². The second-order valence-electron chi connectivity index (χ2n) is 4.99. The molecule has 5 heteroatoms. The summed E-state index contributed by atoms with van der Waals surface area (Å²) in [5.74, 6) is -0.190. The summed E-state index contributed by atoms with van der Waals surface area (Å²) in [6.07, 6.45) is 1.70. The van der Waals surface area contributed by atoms with Crippen LogP contribution in [0.5, 0.6) is 0 Å². The molecule has 0 bridgehead atoms. The van der Waals surface area contributed by atoms with Crippen LogP contribution < -0.4 is 4.90 Å². The molecule has 0 spiro atoms. The third-order valence-electron chi connectivity index (χ3n) is 3.54. The van der Waals surface area contributed by atoms with E-state index in [0.717, 1.165) is 11.4 Å². The molecule has 1 aromatic carbocycles. The minimum atomic E-state index is -0.111. The summed E-state index contributed by atoms with van der Waals surface area (Å²) in [7, 11) is 1.59. The summed E-state index contributed by atoms with van der Waals surface area (Å²) < 4.78 is 6.60. The predicted molar refractivity (Wildman–Crippen MR) is 85.2 cm³/mol. The number of benzene rings is 1. The summed E-state index contributed by atoms with van der Waals surface area (Å²) in [4.78, 5) is 26.0. The Bertz CT molecular complexity index is 662. The zero-order valence-electron chi connectivity index (χ0n) is 13.1. The average Bonchev–Trinajstić information content (AvgIpc) is 2.89.